The minimum absolute atomic E-state index is 0.0970. The zero-order valence-corrected chi connectivity index (χ0v) is 29.1. The minimum Gasteiger partial charge on any atom is -0.487 e. The molecular formula is C30H19Cl2F3I2N2O4S. The van der Waals surface area contributed by atoms with E-state index in [-0.39, 0.29) is 28.1 Å². The number of esters is 1. The molecule has 0 amide bonds. The van der Waals surface area contributed by atoms with Crippen LogP contribution in [0.5, 0.6) is 5.75 Å². The van der Waals surface area contributed by atoms with Gasteiger partial charge in [-0.3, -0.25) is 9.36 Å². The van der Waals surface area contributed by atoms with Gasteiger partial charge in [-0.05, 0) is 106 Å². The second-order valence-electron chi connectivity index (χ2n) is 9.34. The van der Waals surface area contributed by atoms with E-state index in [9.17, 15) is 22.8 Å². The lowest BCUT2D eigenvalue weighted by Crippen LogP contribution is -2.41. The van der Waals surface area contributed by atoms with Crippen LogP contribution in [0.2, 0.25) is 10.0 Å². The van der Waals surface area contributed by atoms with E-state index in [4.69, 9.17) is 32.7 Å². The summed E-state index contributed by atoms with van der Waals surface area (Å²) in [5.74, 6) is -0.740. The smallest absolute Gasteiger partial charge is 0.434 e. The van der Waals surface area contributed by atoms with Crippen LogP contribution < -0.4 is 19.6 Å². The maximum Gasteiger partial charge on any atom is 0.434 e. The van der Waals surface area contributed by atoms with Crippen molar-refractivity contribution in [3.63, 3.8) is 0 Å². The van der Waals surface area contributed by atoms with E-state index in [0.29, 0.717) is 21.4 Å². The number of benzene rings is 3. The predicted octanol–water partition coefficient (Wildman–Crippen LogP) is 7.44. The molecule has 1 atom stereocenters. The standard InChI is InChI=1S/C30H19Cl2F3I2N2O4S/c1-2-42-28(41)23-24(16-6-8-18(31)9-7-16)39-27(40)22(44-29(39)38-26(23)30(33,34)35)12-17-11-20(36)13-21(37)25(17)43-14-15-4-3-5-19(32)10-15/h3-13,24H,2,14H2,1H3/b22-12-/t24-/m1/s1. The number of aromatic nitrogens is 1. The highest BCUT2D eigenvalue weighted by Crippen LogP contribution is 2.38. The van der Waals surface area contributed by atoms with Crippen molar-refractivity contribution in [2.45, 2.75) is 25.7 Å². The van der Waals surface area contributed by atoms with E-state index in [1.807, 2.05) is 12.1 Å². The van der Waals surface area contributed by atoms with Crippen LogP contribution in [0.15, 0.2) is 81.7 Å². The summed E-state index contributed by atoms with van der Waals surface area (Å²) in [5.41, 5.74) is -1.24. The van der Waals surface area contributed by atoms with Gasteiger partial charge in [0, 0.05) is 19.2 Å². The van der Waals surface area contributed by atoms with Crippen molar-refractivity contribution in [3.05, 3.63) is 125 Å². The Labute approximate surface area is 290 Å². The summed E-state index contributed by atoms with van der Waals surface area (Å²) in [6.07, 6.45) is -3.45. The van der Waals surface area contributed by atoms with Gasteiger partial charge in [0.1, 0.15) is 12.4 Å². The Balaban J connectivity index is 1.71. The van der Waals surface area contributed by atoms with E-state index in [1.165, 1.54) is 31.2 Å². The molecule has 0 unspecified atom stereocenters. The lowest BCUT2D eigenvalue weighted by molar-refractivity contribution is -0.140. The molecule has 0 spiro atoms. The van der Waals surface area contributed by atoms with E-state index in [1.54, 1.807) is 30.3 Å². The Bertz CT molecular complexity index is 1980. The number of halogens is 7. The first-order valence-corrected chi connectivity index (χ1v) is 16.5. The van der Waals surface area contributed by atoms with Crippen LogP contribution in [0.4, 0.5) is 13.2 Å². The van der Waals surface area contributed by atoms with Gasteiger partial charge in [-0.2, -0.15) is 13.2 Å². The third-order valence-electron chi connectivity index (χ3n) is 6.38. The summed E-state index contributed by atoms with van der Waals surface area (Å²) in [5, 5.41) is 0.887. The molecular weight excluding hydrogens is 866 g/mol. The number of hydrogen-bond donors (Lipinski definition) is 0. The Morgan fingerprint density at radius 2 is 1.82 bits per heavy atom. The van der Waals surface area contributed by atoms with Crippen LogP contribution >= 0.6 is 79.7 Å². The Morgan fingerprint density at radius 3 is 2.48 bits per heavy atom. The molecule has 0 aliphatic carbocycles. The number of hydrogen-bond acceptors (Lipinski definition) is 6. The molecule has 14 heteroatoms. The number of thiazole rings is 1. The molecule has 0 radical (unpaired) electrons. The molecule has 44 heavy (non-hydrogen) atoms. The quantitative estimate of drug-likeness (QED) is 0.143. The van der Waals surface area contributed by atoms with Gasteiger partial charge in [-0.25, -0.2) is 9.79 Å². The summed E-state index contributed by atoms with van der Waals surface area (Å²) < 4.78 is 57.1. The van der Waals surface area contributed by atoms with Crippen molar-refractivity contribution in [1.29, 1.82) is 0 Å². The lowest BCUT2D eigenvalue weighted by atomic mass is 9.95. The zero-order valence-electron chi connectivity index (χ0n) is 22.4. The molecule has 6 nitrogen and oxygen atoms in total. The Morgan fingerprint density at radius 1 is 1.09 bits per heavy atom. The van der Waals surface area contributed by atoms with Gasteiger partial charge < -0.3 is 9.47 Å². The number of rotatable bonds is 7. The first-order valence-electron chi connectivity index (χ1n) is 12.8. The molecule has 0 fully saturated rings. The third-order valence-corrected chi connectivity index (χ3v) is 9.27. The van der Waals surface area contributed by atoms with Crippen molar-refractivity contribution in [3.8, 4) is 5.75 Å². The number of carbonyl (C=O) groups is 1. The second-order valence-corrected chi connectivity index (χ2v) is 13.6. The third kappa shape index (κ3) is 7.03. The summed E-state index contributed by atoms with van der Waals surface area (Å²) in [6, 6.07) is 15.3. The summed E-state index contributed by atoms with van der Waals surface area (Å²) >= 11 is 17.2. The molecule has 1 aromatic heterocycles. The number of alkyl halides is 3. The van der Waals surface area contributed by atoms with Gasteiger partial charge in [0.2, 0.25) is 0 Å². The topological polar surface area (TPSA) is 69.9 Å². The molecule has 0 N–H and O–H groups in total. The average Bonchev–Trinajstić information content (AvgIpc) is 3.26. The average molecular weight is 885 g/mol. The van der Waals surface area contributed by atoms with Crippen molar-refractivity contribution < 1.29 is 27.4 Å². The van der Waals surface area contributed by atoms with E-state index in [0.717, 1.165) is 28.6 Å². The number of nitrogens with zero attached hydrogens (tertiary/aromatic N) is 2. The normalized spacial score (nSPS) is 15.2. The molecule has 1 aliphatic heterocycles. The van der Waals surface area contributed by atoms with Crippen molar-refractivity contribution in [2.24, 2.45) is 4.99 Å². The van der Waals surface area contributed by atoms with Gasteiger partial charge in [-0.1, -0.05) is 58.8 Å². The number of allylic oxidation sites excluding steroid dienone is 1. The predicted molar refractivity (Wildman–Crippen MR) is 180 cm³/mol. The van der Waals surface area contributed by atoms with Crippen LogP contribution in [0.25, 0.3) is 6.08 Å². The van der Waals surface area contributed by atoms with Crippen LogP contribution in [-0.2, 0) is 16.1 Å². The fraction of sp³-hybridized carbons (Fsp3) is 0.167. The summed E-state index contributed by atoms with van der Waals surface area (Å²) in [7, 11) is 0. The second kappa shape index (κ2) is 13.5. The Hall–Kier alpha value is -2.40. The van der Waals surface area contributed by atoms with Crippen molar-refractivity contribution >= 4 is 91.8 Å². The van der Waals surface area contributed by atoms with Crippen molar-refractivity contribution in [1.82, 2.24) is 4.57 Å². The SMILES string of the molecule is CCOC(=O)C1=C(C(F)(F)F)N=c2s/c(=C\c3cc(I)cc(I)c3OCc3cccc(Cl)c3)c(=O)n2[C@@H]1c1ccc(Cl)cc1. The largest absolute Gasteiger partial charge is 0.487 e. The highest BCUT2D eigenvalue weighted by molar-refractivity contribution is 14.1. The summed E-state index contributed by atoms with van der Waals surface area (Å²) in [4.78, 5) is 30.6. The van der Waals surface area contributed by atoms with Gasteiger partial charge in [0.25, 0.3) is 5.56 Å². The van der Waals surface area contributed by atoms with Gasteiger partial charge >= 0.3 is 12.1 Å². The zero-order chi connectivity index (χ0) is 31.8. The van der Waals surface area contributed by atoms with Crippen LogP contribution in [0.1, 0.15) is 29.7 Å². The number of ether oxygens (including phenoxy) is 2. The highest BCUT2D eigenvalue weighted by atomic mass is 127. The fourth-order valence-corrected chi connectivity index (χ4v) is 7.94. The number of carbonyl (C=O) groups excluding carboxylic acids is 1. The fourth-order valence-electron chi connectivity index (χ4n) is 4.56. The van der Waals surface area contributed by atoms with Crippen molar-refractivity contribution in [2.75, 3.05) is 6.61 Å². The molecule has 3 aromatic carbocycles. The van der Waals surface area contributed by atoms with Crippen LogP contribution in [0.3, 0.4) is 0 Å². The monoisotopic (exact) mass is 884 g/mol. The van der Waals surface area contributed by atoms with Crippen LogP contribution in [-0.4, -0.2) is 23.3 Å². The summed E-state index contributed by atoms with van der Waals surface area (Å²) in [6.45, 7) is 1.50. The molecule has 2 heterocycles. The molecule has 5 rings (SSSR count). The first kappa shape index (κ1) is 33.0. The molecule has 0 saturated heterocycles. The molecule has 228 valence electrons. The van der Waals surface area contributed by atoms with E-state index < -0.39 is 35.0 Å². The maximum atomic E-state index is 14.4. The molecule has 1 aliphatic rings. The number of fused-ring (bicyclic) bond motifs is 1. The molecule has 4 aromatic rings. The highest BCUT2D eigenvalue weighted by Gasteiger charge is 2.45. The lowest BCUT2D eigenvalue weighted by Gasteiger charge is -2.26. The van der Waals surface area contributed by atoms with E-state index in [2.05, 4.69) is 50.2 Å². The van der Waals surface area contributed by atoms with Gasteiger partial charge in [0.05, 0.1) is 26.3 Å². The van der Waals surface area contributed by atoms with Gasteiger partial charge in [0.15, 0.2) is 10.5 Å². The molecule has 0 saturated carbocycles. The first-order chi connectivity index (χ1) is 20.9. The van der Waals surface area contributed by atoms with Gasteiger partial charge in [-0.15, -0.1) is 0 Å². The maximum absolute atomic E-state index is 14.4. The van der Waals surface area contributed by atoms with E-state index >= 15 is 0 Å². The molecule has 0 bridgehead atoms. The minimum atomic E-state index is -5.01. The Kier molecular flexibility index (Phi) is 10.1. The van der Waals surface area contributed by atoms with Crippen LogP contribution in [0, 0.1) is 7.14 Å².